The van der Waals surface area contributed by atoms with E-state index in [0.29, 0.717) is 36.8 Å². The summed E-state index contributed by atoms with van der Waals surface area (Å²) < 4.78 is 48.8. The second-order valence-corrected chi connectivity index (χ2v) is 7.95. The summed E-state index contributed by atoms with van der Waals surface area (Å²) in [5, 5.41) is 3.53. The third-order valence-electron chi connectivity index (χ3n) is 5.51. The Bertz CT molecular complexity index is 1070. The quantitative estimate of drug-likeness (QED) is 0.504. The number of nitrogens with one attached hydrogen (secondary N) is 1. The molecule has 2 aromatic carbocycles. The summed E-state index contributed by atoms with van der Waals surface area (Å²) >= 11 is 0. The number of piperidine rings is 1. The maximum Gasteiger partial charge on any atom is 0.417 e. The van der Waals surface area contributed by atoms with Crippen molar-refractivity contribution in [2.45, 2.75) is 31.6 Å². The van der Waals surface area contributed by atoms with Crippen LogP contribution in [-0.4, -0.2) is 35.1 Å². The van der Waals surface area contributed by atoms with Crippen LogP contribution in [0.3, 0.4) is 0 Å². The van der Waals surface area contributed by atoms with Gasteiger partial charge in [0, 0.05) is 37.9 Å². The summed E-state index contributed by atoms with van der Waals surface area (Å²) in [4.78, 5) is 17.8. The van der Waals surface area contributed by atoms with Crippen LogP contribution in [0.4, 0.5) is 18.0 Å². The van der Waals surface area contributed by atoms with Gasteiger partial charge in [0.2, 0.25) is 5.88 Å². The van der Waals surface area contributed by atoms with E-state index in [4.69, 9.17) is 9.47 Å². The lowest BCUT2D eigenvalue weighted by atomic mass is 10.0. The van der Waals surface area contributed by atoms with Gasteiger partial charge in [-0.2, -0.15) is 13.2 Å². The van der Waals surface area contributed by atoms with Crippen LogP contribution >= 0.6 is 0 Å². The Labute approximate surface area is 195 Å². The zero-order valence-corrected chi connectivity index (χ0v) is 18.3. The van der Waals surface area contributed by atoms with Gasteiger partial charge < -0.3 is 19.7 Å². The normalized spacial score (nSPS) is 14.6. The molecule has 0 spiro atoms. The number of hydrogen-bond donors (Lipinski definition) is 1. The number of ether oxygens (including phenoxy) is 2. The van der Waals surface area contributed by atoms with Crippen molar-refractivity contribution in [1.82, 2.24) is 15.2 Å². The van der Waals surface area contributed by atoms with E-state index in [9.17, 15) is 18.0 Å². The summed E-state index contributed by atoms with van der Waals surface area (Å²) in [6, 6.07) is 18.8. The lowest BCUT2D eigenvalue weighted by molar-refractivity contribution is -0.137. The molecule has 0 atom stereocenters. The first kappa shape index (κ1) is 23.6. The van der Waals surface area contributed by atoms with Crippen molar-refractivity contribution >= 4 is 6.09 Å². The van der Waals surface area contributed by atoms with Gasteiger partial charge in [-0.3, -0.25) is 0 Å². The second kappa shape index (κ2) is 10.6. The van der Waals surface area contributed by atoms with Crippen LogP contribution in [0.15, 0.2) is 72.9 Å². The van der Waals surface area contributed by atoms with Gasteiger partial charge in [0.05, 0.1) is 5.56 Å². The molecule has 1 aliphatic heterocycles. The van der Waals surface area contributed by atoms with E-state index in [1.165, 1.54) is 5.56 Å². The Kier molecular flexibility index (Phi) is 7.32. The number of carbonyl (C=O) groups is 1. The summed E-state index contributed by atoms with van der Waals surface area (Å²) in [5.41, 5.74) is 0.379. The van der Waals surface area contributed by atoms with Gasteiger partial charge in [-0.05, 0) is 48.7 Å². The Morgan fingerprint density at radius 2 is 1.65 bits per heavy atom. The molecule has 3 aromatic rings. The lowest BCUT2D eigenvalue weighted by Gasteiger charge is -2.31. The van der Waals surface area contributed by atoms with Crippen LogP contribution in [0, 0.1) is 0 Å². The molecule has 1 fully saturated rings. The fourth-order valence-corrected chi connectivity index (χ4v) is 3.59. The molecule has 34 heavy (non-hydrogen) atoms. The minimum absolute atomic E-state index is 0.0292. The first-order chi connectivity index (χ1) is 16.4. The highest BCUT2D eigenvalue weighted by Crippen LogP contribution is 2.30. The Hall–Kier alpha value is -3.59. The van der Waals surface area contributed by atoms with Crippen LogP contribution in [0.1, 0.15) is 24.0 Å². The molecule has 0 unspecified atom stereocenters. The third kappa shape index (κ3) is 6.48. The second-order valence-electron chi connectivity index (χ2n) is 7.95. The number of carbonyl (C=O) groups excluding carboxylic acids is 1. The van der Waals surface area contributed by atoms with Crippen LogP contribution < -0.4 is 14.8 Å². The molecule has 0 bridgehead atoms. The molecule has 1 aromatic heterocycles. The molecule has 1 saturated heterocycles. The molecule has 6 nitrogen and oxygen atoms in total. The molecule has 1 amide bonds. The van der Waals surface area contributed by atoms with Crippen molar-refractivity contribution < 1.29 is 27.4 Å². The molecule has 4 rings (SSSR count). The number of alkyl halides is 3. The van der Waals surface area contributed by atoms with Gasteiger partial charge in [0.1, 0.15) is 11.5 Å². The zero-order chi connectivity index (χ0) is 24.0. The molecule has 0 saturated carbocycles. The number of aromatic nitrogens is 1. The van der Waals surface area contributed by atoms with E-state index in [1.54, 1.807) is 29.2 Å². The maximum atomic E-state index is 12.6. The van der Waals surface area contributed by atoms with E-state index in [2.05, 4.69) is 22.4 Å². The molecule has 1 N–H and O–H groups in total. The van der Waals surface area contributed by atoms with E-state index in [-0.39, 0.29) is 5.88 Å². The van der Waals surface area contributed by atoms with Gasteiger partial charge in [0.15, 0.2) is 0 Å². The van der Waals surface area contributed by atoms with E-state index in [0.717, 1.165) is 31.5 Å². The number of amides is 1. The predicted molar refractivity (Wildman–Crippen MR) is 120 cm³/mol. The van der Waals surface area contributed by atoms with Crippen molar-refractivity contribution in [3.8, 4) is 17.4 Å². The standard InChI is InChI=1S/C25H24F3N3O3/c26-25(27,28)19-6-11-23(30-17-19)33-21-7-9-22(10-8-21)34-24(32)31-14-12-20(13-15-31)29-16-18-4-2-1-3-5-18/h1-11,17,20,29H,12-16H2. The maximum absolute atomic E-state index is 12.6. The summed E-state index contributed by atoms with van der Waals surface area (Å²) in [6.07, 6.45) is -2.47. The monoisotopic (exact) mass is 471 g/mol. The van der Waals surface area contributed by atoms with E-state index >= 15 is 0 Å². The highest BCUT2D eigenvalue weighted by atomic mass is 19.4. The summed E-state index contributed by atoms with van der Waals surface area (Å²) in [7, 11) is 0. The molecule has 0 radical (unpaired) electrons. The molecular weight excluding hydrogens is 447 g/mol. The number of nitrogens with zero attached hydrogens (tertiary/aromatic N) is 2. The van der Waals surface area contributed by atoms with Crippen molar-refractivity contribution in [3.63, 3.8) is 0 Å². The predicted octanol–water partition coefficient (Wildman–Crippen LogP) is 5.65. The fourth-order valence-electron chi connectivity index (χ4n) is 3.59. The number of pyridine rings is 1. The highest BCUT2D eigenvalue weighted by molar-refractivity contribution is 5.70. The first-order valence-corrected chi connectivity index (χ1v) is 10.9. The molecule has 0 aliphatic carbocycles. The van der Waals surface area contributed by atoms with Crippen LogP contribution in [0.5, 0.6) is 17.4 Å². The Morgan fingerprint density at radius 3 is 2.26 bits per heavy atom. The van der Waals surface area contributed by atoms with E-state index < -0.39 is 17.8 Å². The van der Waals surface area contributed by atoms with Crippen LogP contribution in [-0.2, 0) is 12.7 Å². The first-order valence-electron chi connectivity index (χ1n) is 10.9. The van der Waals surface area contributed by atoms with Gasteiger partial charge >= 0.3 is 12.3 Å². The molecule has 1 aliphatic rings. The average molecular weight is 471 g/mol. The Morgan fingerprint density at radius 1 is 0.971 bits per heavy atom. The van der Waals surface area contributed by atoms with E-state index in [1.807, 2.05) is 18.2 Å². The number of benzene rings is 2. The molecule has 9 heteroatoms. The number of hydrogen-bond acceptors (Lipinski definition) is 5. The van der Waals surface area contributed by atoms with Gasteiger partial charge in [-0.1, -0.05) is 30.3 Å². The minimum Gasteiger partial charge on any atom is -0.439 e. The Balaban J connectivity index is 1.22. The number of likely N-dealkylation sites (tertiary alicyclic amines) is 1. The molecular formula is C25H24F3N3O3. The van der Waals surface area contributed by atoms with Gasteiger partial charge in [-0.25, -0.2) is 9.78 Å². The minimum atomic E-state index is -4.45. The smallest absolute Gasteiger partial charge is 0.417 e. The average Bonchev–Trinajstić information content (AvgIpc) is 2.85. The molecule has 2 heterocycles. The summed E-state index contributed by atoms with van der Waals surface area (Å²) in [5.74, 6) is 0.737. The van der Waals surface area contributed by atoms with Crippen LogP contribution in [0.25, 0.3) is 0 Å². The largest absolute Gasteiger partial charge is 0.439 e. The van der Waals surface area contributed by atoms with Gasteiger partial charge in [0.25, 0.3) is 0 Å². The van der Waals surface area contributed by atoms with Crippen molar-refractivity contribution in [3.05, 3.63) is 84.1 Å². The lowest BCUT2D eigenvalue weighted by Crippen LogP contribution is -2.45. The number of rotatable bonds is 6. The van der Waals surface area contributed by atoms with Crippen LogP contribution in [0.2, 0.25) is 0 Å². The summed E-state index contributed by atoms with van der Waals surface area (Å²) in [6.45, 7) is 2.00. The third-order valence-corrected chi connectivity index (χ3v) is 5.51. The number of halogens is 3. The van der Waals surface area contributed by atoms with Crippen molar-refractivity contribution in [1.29, 1.82) is 0 Å². The van der Waals surface area contributed by atoms with Gasteiger partial charge in [-0.15, -0.1) is 0 Å². The SMILES string of the molecule is O=C(Oc1ccc(Oc2ccc(C(F)(F)F)cn2)cc1)N1CCC(NCc2ccccc2)CC1. The van der Waals surface area contributed by atoms with Crippen molar-refractivity contribution in [2.75, 3.05) is 13.1 Å². The zero-order valence-electron chi connectivity index (χ0n) is 18.3. The van der Waals surface area contributed by atoms with Crippen molar-refractivity contribution in [2.24, 2.45) is 0 Å². The highest BCUT2D eigenvalue weighted by Gasteiger charge is 2.30. The fraction of sp³-hybridized carbons (Fsp3) is 0.280. The topological polar surface area (TPSA) is 63.7 Å². The molecule has 178 valence electrons.